The Labute approximate surface area is 155 Å². The van der Waals surface area contributed by atoms with E-state index in [-0.39, 0.29) is 16.6 Å². The van der Waals surface area contributed by atoms with Crippen molar-refractivity contribution in [3.63, 3.8) is 0 Å². The molecule has 0 N–H and O–H groups in total. The summed E-state index contributed by atoms with van der Waals surface area (Å²) in [4.78, 5) is 17.7. The van der Waals surface area contributed by atoms with Crippen molar-refractivity contribution < 1.29 is 22.8 Å². The fraction of sp³-hybridized carbons (Fsp3) is 0.316. The summed E-state index contributed by atoms with van der Waals surface area (Å²) >= 11 is 5.99. The van der Waals surface area contributed by atoms with Gasteiger partial charge in [-0.1, -0.05) is 41.9 Å². The van der Waals surface area contributed by atoms with E-state index in [1.165, 1.54) is 11.1 Å². The molecule has 0 aliphatic heterocycles. The van der Waals surface area contributed by atoms with Crippen molar-refractivity contribution in [1.29, 1.82) is 0 Å². The van der Waals surface area contributed by atoms with Crippen LogP contribution in [-0.4, -0.2) is 23.6 Å². The van der Waals surface area contributed by atoms with Crippen molar-refractivity contribution >= 4 is 17.6 Å². The number of hydrogen-bond acceptors (Lipinski definition) is 3. The van der Waals surface area contributed by atoms with Crippen molar-refractivity contribution in [3.05, 3.63) is 70.2 Å². The summed E-state index contributed by atoms with van der Waals surface area (Å²) in [6.07, 6.45) is -4.09. The number of carbonyl (C=O) groups excluding carboxylic acids is 1. The first-order valence-corrected chi connectivity index (χ1v) is 8.49. The second kappa shape index (κ2) is 8.56. The Morgan fingerprint density at radius 1 is 1.19 bits per heavy atom. The maximum Gasteiger partial charge on any atom is 0.416 e. The number of hydrogen-bond donors (Lipinski definition) is 0. The van der Waals surface area contributed by atoms with Gasteiger partial charge >= 0.3 is 12.1 Å². The maximum absolute atomic E-state index is 12.8. The average Bonchev–Trinajstić information content (AvgIpc) is 2.59. The smallest absolute Gasteiger partial charge is 0.364 e. The lowest BCUT2D eigenvalue weighted by molar-refractivity contribution is -0.137. The van der Waals surface area contributed by atoms with Crippen LogP contribution in [0.2, 0.25) is 5.02 Å². The van der Waals surface area contributed by atoms with Crippen molar-refractivity contribution in [2.24, 2.45) is 0 Å². The molecule has 2 aromatic carbocycles. The molecule has 0 radical (unpaired) electrons. The first-order chi connectivity index (χ1) is 12.2. The lowest BCUT2D eigenvalue weighted by Crippen LogP contribution is -2.36. The molecule has 0 aliphatic rings. The fourth-order valence-electron chi connectivity index (χ4n) is 2.57. The third-order valence-electron chi connectivity index (χ3n) is 3.88. The molecule has 2 aromatic rings. The van der Waals surface area contributed by atoms with Crippen LogP contribution in [0.25, 0.3) is 0 Å². The Morgan fingerprint density at radius 2 is 1.88 bits per heavy atom. The molecule has 0 aromatic heterocycles. The summed E-state index contributed by atoms with van der Waals surface area (Å²) in [5.74, 6) is -0.603. The van der Waals surface area contributed by atoms with E-state index >= 15 is 0 Å². The minimum Gasteiger partial charge on any atom is -0.364 e. The number of likely N-dealkylation sites (N-methyl/N-ethyl adjacent to an activating group) is 1. The Bertz CT molecular complexity index is 764. The van der Waals surface area contributed by atoms with E-state index in [4.69, 9.17) is 16.4 Å². The highest BCUT2D eigenvalue weighted by Crippen LogP contribution is 2.30. The molecule has 1 atom stereocenters. The number of alkyl halides is 3. The number of benzene rings is 2. The van der Waals surface area contributed by atoms with Crippen LogP contribution in [0.4, 0.5) is 13.2 Å². The van der Waals surface area contributed by atoms with E-state index in [0.29, 0.717) is 18.5 Å². The molecule has 0 bridgehead atoms. The quantitative estimate of drug-likeness (QED) is 0.625. The van der Waals surface area contributed by atoms with E-state index < -0.39 is 17.7 Å². The molecule has 0 aliphatic carbocycles. The number of nitrogens with zero attached hydrogens (tertiary/aromatic N) is 1. The summed E-state index contributed by atoms with van der Waals surface area (Å²) in [5, 5.41) is 1.71. The highest BCUT2D eigenvalue weighted by molar-refractivity contribution is 6.33. The molecule has 0 saturated carbocycles. The summed E-state index contributed by atoms with van der Waals surface area (Å²) in [6, 6.07) is 11.3. The largest absolute Gasteiger partial charge is 0.416 e. The molecular formula is C19H19ClF3NO2. The zero-order valence-electron chi connectivity index (χ0n) is 14.4. The monoisotopic (exact) mass is 385 g/mol. The second-order valence-corrected chi connectivity index (χ2v) is 6.25. The average molecular weight is 386 g/mol. The molecule has 140 valence electrons. The SMILES string of the molecule is CCN(OC(=O)c1ccccc1Cl)C(C)Cc1cccc(C(F)(F)F)c1. The van der Waals surface area contributed by atoms with Crippen LogP contribution < -0.4 is 0 Å². The van der Waals surface area contributed by atoms with E-state index in [2.05, 4.69) is 0 Å². The molecule has 0 amide bonds. The minimum atomic E-state index is -4.39. The van der Waals surface area contributed by atoms with Gasteiger partial charge in [0.15, 0.2) is 0 Å². The third-order valence-corrected chi connectivity index (χ3v) is 4.21. The molecule has 0 spiro atoms. The lowest BCUT2D eigenvalue weighted by Gasteiger charge is -2.26. The lowest BCUT2D eigenvalue weighted by atomic mass is 10.0. The predicted octanol–water partition coefficient (Wildman–Crippen LogP) is 5.38. The zero-order chi connectivity index (χ0) is 19.3. The van der Waals surface area contributed by atoms with Crippen molar-refractivity contribution in [2.75, 3.05) is 6.54 Å². The van der Waals surface area contributed by atoms with Crippen LogP contribution in [0.5, 0.6) is 0 Å². The van der Waals surface area contributed by atoms with Gasteiger partial charge in [0.25, 0.3) is 0 Å². The Morgan fingerprint density at radius 3 is 2.50 bits per heavy atom. The van der Waals surface area contributed by atoms with Crippen LogP contribution in [0.1, 0.15) is 35.3 Å². The van der Waals surface area contributed by atoms with Gasteiger partial charge in [-0.3, -0.25) is 0 Å². The first kappa shape index (κ1) is 20.3. The Hall–Kier alpha value is -2.05. The number of rotatable bonds is 6. The van der Waals surface area contributed by atoms with Gasteiger partial charge in [-0.05, 0) is 44.0 Å². The minimum absolute atomic E-state index is 0.235. The van der Waals surface area contributed by atoms with Crippen LogP contribution in [-0.2, 0) is 17.4 Å². The zero-order valence-corrected chi connectivity index (χ0v) is 15.1. The highest BCUT2D eigenvalue weighted by atomic mass is 35.5. The Balaban J connectivity index is 2.08. The molecule has 3 nitrogen and oxygen atoms in total. The summed E-state index contributed by atoms with van der Waals surface area (Å²) in [6.45, 7) is 3.96. The molecular weight excluding hydrogens is 367 g/mol. The van der Waals surface area contributed by atoms with E-state index in [1.54, 1.807) is 44.2 Å². The molecule has 0 fully saturated rings. The van der Waals surface area contributed by atoms with Gasteiger partial charge in [0.1, 0.15) is 0 Å². The van der Waals surface area contributed by atoms with Gasteiger partial charge in [-0.25, -0.2) is 4.79 Å². The number of hydroxylamine groups is 2. The fourth-order valence-corrected chi connectivity index (χ4v) is 2.78. The van der Waals surface area contributed by atoms with Crippen LogP contribution >= 0.6 is 11.6 Å². The van der Waals surface area contributed by atoms with Gasteiger partial charge in [-0.15, -0.1) is 5.06 Å². The molecule has 2 rings (SSSR count). The molecule has 0 saturated heterocycles. The Kier molecular flexibility index (Phi) is 6.67. The van der Waals surface area contributed by atoms with Gasteiger partial charge in [0.2, 0.25) is 0 Å². The van der Waals surface area contributed by atoms with Crippen molar-refractivity contribution in [1.82, 2.24) is 5.06 Å². The normalized spacial score (nSPS) is 12.9. The summed E-state index contributed by atoms with van der Waals surface area (Å²) < 4.78 is 38.5. The highest BCUT2D eigenvalue weighted by Gasteiger charge is 2.30. The van der Waals surface area contributed by atoms with Gasteiger partial charge in [-0.2, -0.15) is 13.2 Å². The van der Waals surface area contributed by atoms with Crippen LogP contribution in [0.15, 0.2) is 48.5 Å². The second-order valence-electron chi connectivity index (χ2n) is 5.84. The number of halogens is 4. The van der Waals surface area contributed by atoms with Gasteiger partial charge in [0.05, 0.1) is 16.1 Å². The van der Waals surface area contributed by atoms with Gasteiger partial charge < -0.3 is 4.84 Å². The van der Waals surface area contributed by atoms with E-state index in [0.717, 1.165) is 12.1 Å². The summed E-state index contributed by atoms with van der Waals surface area (Å²) in [5.41, 5.74) is 0.0526. The van der Waals surface area contributed by atoms with Gasteiger partial charge in [0, 0.05) is 12.6 Å². The number of carbonyl (C=O) groups is 1. The van der Waals surface area contributed by atoms with E-state index in [9.17, 15) is 18.0 Å². The third kappa shape index (κ3) is 5.22. The molecule has 26 heavy (non-hydrogen) atoms. The maximum atomic E-state index is 12.8. The predicted molar refractivity (Wildman–Crippen MR) is 93.9 cm³/mol. The molecule has 7 heteroatoms. The topological polar surface area (TPSA) is 29.5 Å². The molecule has 0 heterocycles. The molecule has 1 unspecified atom stereocenters. The standard InChI is InChI=1S/C19H19ClF3NO2/c1-3-24(26-18(25)16-9-4-5-10-17(16)20)13(2)11-14-7-6-8-15(12-14)19(21,22)23/h4-10,12-13H,3,11H2,1-2H3. The van der Waals surface area contributed by atoms with E-state index in [1.807, 2.05) is 0 Å². The van der Waals surface area contributed by atoms with Crippen molar-refractivity contribution in [3.8, 4) is 0 Å². The summed E-state index contributed by atoms with van der Waals surface area (Å²) in [7, 11) is 0. The van der Waals surface area contributed by atoms with Crippen molar-refractivity contribution in [2.45, 2.75) is 32.5 Å². The first-order valence-electron chi connectivity index (χ1n) is 8.12. The van der Waals surface area contributed by atoms with Crippen LogP contribution in [0, 0.1) is 0 Å². The van der Waals surface area contributed by atoms with Crippen LogP contribution in [0.3, 0.4) is 0 Å².